The van der Waals surface area contributed by atoms with E-state index in [9.17, 15) is 14.4 Å². The molecule has 0 radical (unpaired) electrons. The first-order chi connectivity index (χ1) is 13.9. The highest BCUT2D eigenvalue weighted by Crippen LogP contribution is 2.20. The molecular formula is C21H21N3O4S. The maximum Gasteiger partial charge on any atom is 0.325 e. The summed E-state index contributed by atoms with van der Waals surface area (Å²) in [6.07, 6.45) is 0. The van der Waals surface area contributed by atoms with E-state index in [1.54, 1.807) is 24.3 Å². The number of carbonyl (C=O) groups excluding carboxylic acids is 2. The highest BCUT2D eigenvalue weighted by Gasteiger charge is 2.16. The zero-order chi connectivity index (χ0) is 21.0. The number of fused-ring (bicyclic) bond motifs is 1. The largest absolute Gasteiger partial charge is 0.468 e. The fraction of sp³-hybridized carbons (Fsp3) is 0.238. The molecule has 1 amide bonds. The Morgan fingerprint density at radius 1 is 1.17 bits per heavy atom. The Hall–Kier alpha value is -3.13. The molecule has 8 heteroatoms. The Labute approximate surface area is 172 Å². The highest BCUT2D eigenvalue weighted by atomic mass is 32.2. The van der Waals surface area contributed by atoms with Crippen molar-refractivity contribution in [2.24, 2.45) is 0 Å². The molecule has 0 aliphatic rings. The lowest BCUT2D eigenvalue weighted by atomic mass is 10.1. The summed E-state index contributed by atoms with van der Waals surface area (Å²) in [5, 5.41) is 3.55. The molecule has 150 valence electrons. The van der Waals surface area contributed by atoms with Gasteiger partial charge in [0.15, 0.2) is 5.16 Å². The molecule has 0 aliphatic heterocycles. The number of carbonyl (C=O) groups is 2. The number of hydrogen-bond acceptors (Lipinski definition) is 6. The van der Waals surface area contributed by atoms with Gasteiger partial charge in [0.2, 0.25) is 5.91 Å². The molecule has 1 N–H and O–H groups in total. The van der Waals surface area contributed by atoms with Crippen LogP contribution in [0.5, 0.6) is 0 Å². The summed E-state index contributed by atoms with van der Waals surface area (Å²) >= 11 is 1.10. The number of amides is 1. The molecule has 0 saturated carbocycles. The first kappa shape index (κ1) is 20.6. The summed E-state index contributed by atoms with van der Waals surface area (Å²) in [5.41, 5.74) is 2.98. The topological polar surface area (TPSA) is 90.3 Å². The number of ether oxygens (including phenoxy) is 1. The van der Waals surface area contributed by atoms with Crippen LogP contribution in [0.3, 0.4) is 0 Å². The van der Waals surface area contributed by atoms with Crippen molar-refractivity contribution in [3.8, 4) is 0 Å². The molecule has 2 aromatic carbocycles. The maximum atomic E-state index is 12.8. The Morgan fingerprint density at radius 3 is 2.66 bits per heavy atom. The van der Waals surface area contributed by atoms with Crippen LogP contribution in [-0.2, 0) is 20.9 Å². The number of thioether (sulfide) groups is 1. The molecular weight excluding hydrogens is 390 g/mol. The third-order valence-electron chi connectivity index (χ3n) is 4.33. The van der Waals surface area contributed by atoms with E-state index in [4.69, 9.17) is 0 Å². The second-order valence-corrected chi connectivity index (χ2v) is 7.48. The van der Waals surface area contributed by atoms with Gasteiger partial charge in [-0.3, -0.25) is 19.0 Å². The van der Waals surface area contributed by atoms with Crippen molar-refractivity contribution in [1.29, 1.82) is 0 Å². The van der Waals surface area contributed by atoms with Gasteiger partial charge in [0.1, 0.15) is 6.54 Å². The smallest absolute Gasteiger partial charge is 0.325 e. The lowest BCUT2D eigenvalue weighted by Gasteiger charge is -2.13. The normalized spacial score (nSPS) is 10.7. The molecule has 7 nitrogen and oxygen atoms in total. The summed E-state index contributed by atoms with van der Waals surface area (Å²) in [7, 11) is 1.26. The van der Waals surface area contributed by atoms with E-state index < -0.39 is 5.97 Å². The van der Waals surface area contributed by atoms with Gasteiger partial charge in [-0.25, -0.2) is 4.98 Å². The van der Waals surface area contributed by atoms with Gasteiger partial charge in [0, 0.05) is 5.69 Å². The second-order valence-electron chi connectivity index (χ2n) is 6.53. The number of hydrogen-bond donors (Lipinski definition) is 1. The molecule has 0 saturated heterocycles. The standard InChI is InChI=1S/C21H21N3O4S/c1-13-8-9-16(14(2)10-13)22-18(25)12-29-21-23-17-7-5-4-6-15(17)20(27)24(21)11-19(26)28-3/h4-10H,11-12H2,1-3H3,(H,22,25). The molecule has 0 spiro atoms. The van der Waals surface area contributed by atoms with E-state index in [1.165, 1.54) is 11.7 Å². The molecule has 0 fully saturated rings. The van der Waals surface area contributed by atoms with Crippen molar-refractivity contribution in [2.75, 3.05) is 18.2 Å². The van der Waals surface area contributed by atoms with Crippen molar-refractivity contribution in [1.82, 2.24) is 9.55 Å². The zero-order valence-corrected chi connectivity index (χ0v) is 17.2. The van der Waals surface area contributed by atoms with Crippen LogP contribution in [0, 0.1) is 13.8 Å². The van der Waals surface area contributed by atoms with Gasteiger partial charge in [-0.1, -0.05) is 41.6 Å². The van der Waals surface area contributed by atoms with Gasteiger partial charge in [0.05, 0.1) is 23.8 Å². The summed E-state index contributed by atoms with van der Waals surface area (Å²) < 4.78 is 5.93. The Kier molecular flexibility index (Phi) is 6.33. The van der Waals surface area contributed by atoms with E-state index in [0.717, 1.165) is 28.6 Å². The van der Waals surface area contributed by atoms with Crippen LogP contribution in [0.1, 0.15) is 11.1 Å². The number of rotatable bonds is 6. The van der Waals surface area contributed by atoms with Crippen LogP contribution >= 0.6 is 11.8 Å². The number of anilines is 1. The second kappa shape index (κ2) is 8.91. The van der Waals surface area contributed by atoms with Crippen LogP contribution in [0.15, 0.2) is 52.4 Å². The number of methoxy groups -OCH3 is 1. The molecule has 0 aliphatic carbocycles. The molecule has 0 unspecified atom stereocenters. The minimum atomic E-state index is -0.564. The maximum absolute atomic E-state index is 12.8. The average Bonchev–Trinajstić information content (AvgIpc) is 2.70. The van der Waals surface area contributed by atoms with Crippen LogP contribution in [-0.4, -0.2) is 34.3 Å². The molecule has 3 aromatic rings. The first-order valence-corrected chi connectivity index (χ1v) is 9.94. The predicted molar refractivity (Wildman–Crippen MR) is 113 cm³/mol. The molecule has 3 rings (SSSR count). The number of nitrogens with zero attached hydrogens (tertiary/aromatic N) is 2. The third kappa shape index (κ3) is 4.83. The number of aryl methyl sites for hydroxylation is 2. The lowest BCUT2D eigenvalue weighted by molar-refractivity contribution is -0.141. The van der Waals surface area contributed by atoms with Crippen molar-refractivity contribution >= 4 is 40.2 Å². The number of para-hydroxylation sites is 1. The molecule has 0 bridgehead atoms. The average molecular weight is 411 g/mol. The summed E-state index contributed by atoms with van der Waals surface area (Å²) in [5.74, 6) is -0.751. The van der Waals surface area contributed by atoms with Gasteiger partial charge in [-0.05, 0) is 37.6 Å². The monoisotopic (exact) mass is 411 g/mol. The predicted octanol–water partition coefficient (Wildman–Crippen LogP) is 2.92. The summed E-state index contributed by atoms with van der Waals surface area (Å²) in [4.78, 5) is 41.5. The summed E-state index contributed by atoms with van der Waals surface area (Å²) in [6.45, 7) is 3.64. The van der Waals surface area contributed by atoms with Crippen molar-refractivity contribution in [3.63, 3.8) is 0 Å². The fourth-order valence-corrected chi connectivity index (χ4v) is 3.66. The highest BCUT2D eigenvalue weighted by molar-refractivity contribution is 7.99. The van der Waals surface area contributed by atoms with Gasteiger partial charge < -0.3 is 10.1 Å². The SMILES string of the molecule is COC(=O)Cn1c(SCC(=O)Nc2ccc(C)cc2C)nc2ccccc2c1=O. The third-order valence-corrected chi connectivity index (χ3v) is 5.31. The molecule has 1 heterocycles. The van der Waals surface area contributed by atoms with Crippen molar-refractivity contribution in [3.05, 3.63) is 63.9 Å². The Balaban J connectivity index is 1.84. The van der Waals surface area contributed by atoms with E-state index in [0.29, 0.717) is 10.9 Å². The van der Waals surface area contributed by atoms with Gasteiger partial charge in [0.25, 0.3) is 5.56 Å². The van der Waals surface area contributed by atoms with Crippen LogP contribution in [0.2, 0.25) is 0 Å². The Morgan fingerprint density at radius 2 is 1.93 bits per heavy atom. The molecule has 29 heavy (non-hydrogen) atoms. The first-order valence-electron chi connectivity index (χ1n) is 8.95. The van der Waals surface area contributed by atoms with Gasteiger partial charge >= 0.3 is 5.97 Å². The van der Waals surface area contributed by atoms with E-state index in [-0.39, 0.29) is 28.9 Å². The molecule has 0 atom stereocenters. The number of benzene rings is 2. The van der Waals surface area contributed by atoms with Gasteiger partial charge in [-0.15, -0.1) is 0 Å². The van der Waals surface area contributed by atoms with Crippen molar-refractivity contribution in [2.45, 2.75) is 25.5 Å². The van der Waals surface area contributed by atoms with Crippen LogP contribution in [0.4, 0.5) is 5.69 Å². The number of aromatic nitrogens is 2. The van der Waals surface area contributed by atoms with Gasteiger partial charge in [-0.2, -0.15) is 0 Å². The van der Waals surface area contributed by atoms with E-state index in [1.807, 2.05) is 32.0 Å². The quantitative estimate of drug-likeness (QED) is 0.381. The van der Waals surface area contributed by atoms with Crippen molar-refractivity contribution < 1.29 is 14.3 Å². The number of esters is 1. The number of nitrogens with one attached hydrogen (secondary N) is 1. The summed E-state index contributed by atoms with van der Waals surface area (Å²) in [6, 6.07) is 12.7. The zero-order valence-electron chi connectivity index (χ0n) is 16.4. The van der Waals surface area contributed by atoms with E-state index >= 15 is 0 Å². The fourth-order valence-electron chi connectivity index (χ4n) is 2.86. The molecule has 1 aromatic heterocycles. The Bertz CT molecular complexity index is 1140. The minimum absolute atomic E-state index is 0.0409. The van der Waals surface area contributed by atoms with Crippen LogP contribution < -0.4 is 10.9 Å². The lowest BCUT2D eigenvalue weighted by Crippen LogP contribution is -2.28. The minimum Gasteiger partial charge on any atom is -0.468 e. The van der Waals surface area contributed by atoms with E-state index in [2.05, 4.69) is 15.0 Å². The van der Waals surface area contributed by atoms with Crippen LogP contribution in [0.25, 0.3) is 10.9 Å².